The van der Waals surface area contributed by atoms with E-state index in [4.69, 9.17) is 4.74 Å². The molecule has 150 valence electrons. The third kappa shape index (κ3) is 4.12. The number of thiophene rings is 1. The molecule has 1 aliphatic carbocycles. The van der Waals surface area contributed by atoms with Crippen molar-refractivity contribution >= 4 is 44.8 Å². The van der Waals surface area contributed by atoms with Gasteiger partial charge in [-0.1, -0.05) is 37.3 Å². The van der Waals surface area contributed by atoms with Crippen molar-refractivity contribution < 1.29 is 14.3 Å². The summed E-state index contributed by atoms with van der Waals surface area (Å²) in [4.78, 5) is 26.4. The Balaban J connectivity index is 1.57. The Morgan fingerprint density at radius 2 is 1.93 bits per heavy atom. The molecule has 1 atom stereocenters. The van der Waals surface area contributed by atoms with Gasteiger partial charge in [0.1, 0.15) is 5.00 Å². The number of hydrogen-bond acceptors (Lipinski definition) is 4. The summed E-state index contributed by atoms with van der Waals surface area (Å²) in [7, 11) is 0. The summed E-state index contributed by atoms with van der Waals surface area (Å²) >= 11 is 1.49. The van der Waals surface area contributed by atoms with Crippen LogP contribution in [0.15, 0.2) is 42.5 Å². The number of amides is 2. The second kappa shape index (κ2) is 8.25. The highest BCUT2D eigenvalue weighted by Crippen LogP contribution is 2.40. The lowest BCUT2D eigenvalue weighted by atomic mass is 9.88. The number of rotatable bonds is 4. The maximum atomic E-state index is 12.7. The van der Waals surface area contributed by atoms with Gasteiger partial charge in [-0.25, -0.2) is 9.59 Å². The van der Waals surface area contributed by atoms with Crippen molar-refractivity contribution in [2.24, 2.45) is 5.92 Å². The van der Waals surface area contributed by atoms with Crippen molar-refractivity contribution in [1.29, 1.82) is 0 Å². The molecular formula is C23H24N2O3S. The summed E-state index contributed by atoms with van der Waals surface area (Å²) in [6.45, 7) is 4.31. The van der Waals surface area contributed by atoms with Gasteiger partial charge in [-0.05, 0) is 60.6 Å². The number of urea groups is 1. The van der Waals surface area contributed by atoms with E-state index in [1.807, 2.05) is 42.5 Å². The Morgan fingerprint density at radius 1 is 1.14 bits per heavy atom. The summed E-state index contributed by atoms with van der Waals surface area (Å²) in [5, 5.41) is 8.50. The second-order valence-electron chi connectivity index (χ2n) is 7.42. The smallest absolute Gasteiger partial charge is 0.341 e. The molecule has 0 aliphatic heterocycles. The fraction of sp³-hybridized carbons (Fsp3) is 0.304. The van der Waals surface area contributed by atoms with Gasteiger partial charge in [0.2, 0.25) is 0 Å². The van der Waals surface area contributed by atoms with E-state index in [0.29, 0.717) is 28.8 Å². The van der Waals surface area contributed by atoms with E-state index in [1.165, 1.54) is 16.2 Å². The first-order valence-corrected chi connectivity index (χ1v) is 10.7. The number of hydrogen-bond donors (Lipinski definition) is 2. The summed E-state index contributed by atoms with van der Waals surface area (Å²) in [6, 6.07) is 13.4. The average molecular weight is 409 g/mol. The molecule has 1 heterocycles. The van der Waals surface area contributed by atoms with E-state index in [0.717, 1.165) is 35.6 Å². The molecule has 0 saturated heterocycles. The number of ether oxygens (including phenoxy) is 1. The Labute approximate surface area is 174 Å². The Kier molecular flexibility index (Phi) is 5.53. The van der Waals surface area contributed by atoms with Crippen molar-refractivity contribution in [2.45, 2.75) is 33.1 Å². The molecule has 1 unspecified atom stereocenters. The van der Waals surface area contributed by atoms with E-state index >= 15 is 0 Å². The predicted octanol–water partition coefficient (Wildman–Crippen LogP) is 5.85. The van der Waals surface area contributed by atoms with Crippen molar-refractivity contribution in [2.75, 3.05) is 17.2 Å². The topological polar surface area (TPSA) is 67.4 Å². The van der Waals surface area contributed by atoms with Gasteiger partial charge >= 0.3 is 12.0 Å². The molecule has 29 heavy (non-hydrogen) atoms. The zero-order valence-corrected chi connectivity index (χ0v) is 17.4. The molecule has 2 aromatic carbocycles. The monoisotopic (exact) mass is 408 g/mol. The zero-order valence-electron chi connectivity index (χ0n) is 16.6. The second-order valence-corrected chi connectivity index (χ2v) is 8.52. The first-order valence-electron chi connectivity index (χ1n) is 9.93. The molecule has 1 aliphatic rings. The first kappa shape index (κ1) is 19.5. The third-order valence-corrected chi connectivity index (χ3v) is 6.40. The molecule has 5 nitrogen and oxygen atoms in total. The minimum atomic E-state index is -0.363. The van der Waals surface area contributed by atoms with Gasteiger partial charge in [0, 0.05) is 10.6 Å². The molecule has 0 radical (unpaired) electrons. The van der Waals surface area contributed by atoms with Crippen LogP contribution in [0.2, 0.25) is 0 Å². The van der Waals surface area contributed by atoms with E-state index in [-0.39, 0.29) is 12.0 Å². The normalized spacial score (nSPS) is 15.6. The van der Waals surface area contributed by atoms with Crippen molar-refractivity contribution in [1.82, 2.24) is 0 Å². The first-order chi connectivity index (χ1) is 14.0. The Hall–Kier alpha value is -2.86. The van der Waals surface area contributed by atoms with E-state index in [2.05, 4.69) is 17.6 Å². The van der Waals surface area contributed by atoms with Crippen LogP contribution >= 0.6 is 11.3 Å². The van der Waals surface area contributed by atoms with Crippen LogP contribution in [0.25, 0.3) is 10.8 Å². The molecule has 4 rings (SSSR count). The number of esters is 1. The van der Waals surface area contributed by atoms with Gasteiger partial charge in [-0.2, -0.15) is 0 Å². The highest BCUT2D eigenvalue weighted by Gasteiger charge is 2.29. The van der Waals surface area contributed by atoms with Crippen molar-refractivity contribution in [3.63, 3.8) is 0 Å². The van der Waals surface area contributed by atoms with Crippen LogP contribution in [0, 0.1) is 5.92 Å². The molecule has 0 spiro atoms. The maximum Gasteiger partial charge on any atom is 0.341 e. The minimum absolute atomic E-state index is 0.308. The fourth-order valence-electron chi connectivity index (χ4n) is 3.79. The average Bonchev–Trinajstić information content (AvgIpc) is 3.04. The Bertz CT molecular complexity index is 1070. The van der Waals surface area contributed by atoms with Gasteiger partial charge in [-0.3, -0.25) is 5.32 Å². The van der Waals surface area contributed by atoms with Crippen LogP contribution in [0.5, 0.6) is 0 Å². The molecule has 1 aromatic heterocycles. The van der Waals surface area contributed by atoms with E-state index < -0.39 is 0 Å². The molecular weight excluding hydrogens is 384 g/mol. The molecule has 6 heteroatoms. The van der Waals surface area contributed by atoms with Gasteiger partial charge in [0.15, 0.2) is 0 Å². The van der Waals surface area contributed by atoms with Crippen molar-refractivity contribution in [3.8, 4) is 0 Å². The number of nitrogens with one attached hydrogen (secondary N) is 2. The molecule has 3 aromatic rings. The lowest BCUT2D eigenvalue weighted by Gasteiger charge is -2.18. The van der Waals surface area contributed by atoms with Gasteiger partial charge in [-0.15, -0.1) is 11.3 Å². The van der Waals surface area contributed by atoms with E-state index in [1.54, 1.807) is 6.92 Å². The van der Waals surface area contributed by atoms with Gasteiger partial charge < -0.3 is 10.1 Å². The van der Waals surface area contributed by atoms with Crippen LogP contribution in [-0.4, -0.2) is 18.6 Å². The number of benzene rings is 2. The summed E-state index contributed by atoms with van der Waals surface area (Å²) in [5.74, 6) is 0.219. The van der Waals surface area contributed by atoms with Crippen LogP contribution in [0.3, 0.4) is 0 Å². The summed E-state index contributed by atoms with van der Waals surface area (Å²) in [5.41, 5.74) is 2.26. The fourth-order valence-corrected chi connectivity index (χ4v) is 5.18. The molecule has 2 amide bonds. The van der Waals surface area contributed by atoms with Crippen LogP contribution < -0.4 is 10.6 Å². The van der Waals surface area contributed by atoms with Gasteiger partial charge in [0.05, 0.1) is 12.2 Å². The van der Waals surface area contributed by atoms with Crippen LogP contribution in [0.4, 0.5) is 15.5 Å². The predicted molar refractivity (Wildman–Crippen MR) is 118 cm³/mol. The highest BCUT2D eigenvalue weighted by molar-refractivity contribution is 7.17. The molecule has 0 fully saturated rings. The lowest BCUT2D eigenvalue weighted by molar-refractivity contribution is 0.0526. The number of carbonyl (C=O) groups is 2. The molecule has 0 bridgehead atoms. The quantitative estimate of drug-likeness (QED) is 0.532. The summed E-state index contributed by atoms with van der Waals surface area (Å²) < 4.78 is 5.26. The third-order valence-electron chi connectivity index (χ3n) is 5.23. The van der Waals surface area contributed by atoms with Gasteiger partial charge in [0.25, 0.3) is 0 Å². The summed E-state index contributed by atoms with van der Waals surface area (Å²) in [6.07, 6.45) is 2.81. The van der Waals surface area contributed by atoms with Crippen molar-refractivity contribution in [3.05, 3.63) is 58.5 Å². The number of carbonyl (C=O) groups excluding carboxylic acids is 2. The SMILES string of the molecule is CCOC(=O)c1c(NC(=O)Nc2ccc3ccccc3c2)sc2c1CCC(C)C2. The van der Waals surface area contributed by atoms with Crippen LogP contribution in [0.1, 0.15) is 41.1 Å². The lowest BCUT2D eigenvalue weighted by Crippen LogP contribution is -2.21. The maximum absolute atomic E-state index is 12.7. The standard InChI is InChI=1S/C23H24N2O3S/c1-3-28-22(26)20-18-11-8-14(2)12-19(18)29-21(20)25-23(27)24-17-10-9-15-6-4-5-7-16(15)13-17/h4-7,9-10,13-14H,3,8,11-12H2,1-2H3,(H2,24,25,27). The highest BCUT2D eigenvalue weighted by atomic mass is 32.1. The number of fused-ring (bicyclic) bond motifs is 2. The van der Waals surface area contributed by atoms with Crippen LogP contribution in [-0.2, 0) is 17.6 Å². The molecule has 0 saturated carbocycles. The number of anilines is 2. The molecule has 2 N–H and O–H groups in total. The Morgan fingerprint density at radius 3 is 2.72 bits per heavy atom. The minimum Gasteiger partial charge on any atom is -0.462 e. The van der Waals surface area contributed by atoms with E-state index in [9.17, 15) is 9.59 Å². The largest absolute Gasteiger partial charge is 0.462 e. The zero-order chi connectivity index (χ0) is 20.4.